The van der Waals surface area contributed by atoms with E-state index in [9.17, 15) is 10.1 Å². The van der Waals surface area contributed by atoms with Crippen LogP contribution in [-0.2, 0) is 0 Å². The van der Waals surface area contributed by atoms with E-state index in [1.54, 1.807) is 30.3 Å². The van der Waals surface area contributed by atoms with Crippen molar-refractivity contribution in [2.45, 2.75) is 39.5 Å². The second kappa shape index (κ2) is 10.9. The summed E-state index contributed by atoms with van der Waals surface area (Å²) in [6.45, 7) is 5.28. The Labute approximate surface area is 172 Å². The summed E-state index contributed by atoms with van der Waals surface area (Å²) in [7, 11) is 0. The smallest absolute Gasteiger partial charge is 0.305 e. The number of anilines is 2. The summed E-state index contributed by atoms with van der Waals surface area (Å²) in [4.78, 5) is 15.5. The number of aromatic nitrogens is 1. The van der Waals surface area contributed by atoms with Gasteiger partial charge >= 0.3 is 5.69 Å². The van der Waals surface area contributed by atoms with Gasteiger partial charge in [0.25, 0.3) is 0 Å². The monoisotopic (exact) mass is 485 g/mol. The van der Waals surface area contributed by atoms with Gasteiger partial charge in [-0.25, -0.2) is 0 Å². The molecule has 0 spiro atoms. The highest BCUT2D eigenvalue weighted by atomic mass is 127. The van der Waals surface area contributed by atoms with Crippen molar-refractivity contribution in [3.63, 3.8) is 0 Å². The Kier molecular flexibility index (Phi) is 8.56. The fraction of sp³-hybridized carbons (Fsp3) is 0.421. The molecule has 0 saturated heterocycles. The minimum Gasteiger partial charge on any atom is -0.478 e. The summed E-state index contributed by atoms with van der Waals surface area (Å²) in [5, 5.41) is 14.5. The second-order valence-electron chi connectivity index (χ2n) is 5.92. The van der Waals surface area contributed by atoms with Crippen LogP contribution in [0.2, 0.25) is 0 Å². The second-order valence-corrected chi connectivity index (χ2v) is 7.09. The Hall–Kier alpha value is -2.10. The van der Waals surface area contributed by atoms with E-state index in [2.05, 4.69) is 24.1 Å². The van der Waals surface area contributed by atoms with Gasteiger partial charge in [0.2, 0.25) is 11.8 Å². The zero-order valence-electron chi connectivity index (χ0n) is 15.5. The lowest BCUT2D eigenvalue weighted by molar-refractivity contribution is -0.384. The van der Waals surface area contributed by atoms with Crippen LogP contribution < -0.4 is 14.8 Å². The summed E-state index contributed by atoms with van der Waals surface area (Å²) in [6, 6.07) is 8.65. The predicted octanol–water partition coefficient (Wildman–Crippen LogP) is 5.70. The third-order valence-corrected chi connectivity index (χ3v) is 4.63. The number of rotatable bonds is 11. The summed E-state index contributed by atoms with van der Waals surface area (Å²) < 4.78 is 12.0. The number of unbranched alkanes of at least 4 members (excludes halogenated alkanes) is 2. The van der Waals surface area contributed by atoms with Gasteiger partial charge in [-0.15, -0.1) is 0 Å². The zero-order valence-corrected chi connectivity index (χ0v) is 17.7. The van der Waals surface area contributed by atoms with Crippen molar-refractivity contribution >= 4 is 39.7 Å². The van der Waals surface area contributed by atoms with E-state index in [4.69, 9.17) is 9.47 Å². The van der Waals surface area contributed by atoms with Crippen LogP contribution in [0.25, 0.3) is 0 Å². The number of hydrogen-bond donors (Lipinski definition) is 1. The summed E-state index contributed by atoms with van der Waals surface area (Å²) in [5.74, 6) is 0.864. The maximum absolute atomic E-state index is 11.4. The third kappa shape index (κ3) is 6.23. The van der Waals surface area contributed by atoms with Crippen molar-refractivity contribution in [2.24, 2.45) is 0 Å². The molecule has 2 rings (SSSR count). The lowest BCUT2D eigenvalue weighted by atomic mass is 10.2. The van der Waals surface area contributed by atoms with E-state index >= 15 is 0 Å². The van der Waals surface area contributed by atoms with Gasteiger partial charge in [0, 0.05) is 6.07 Å². The maximum atomic E-state index is 11.4. The van der Waals surface area contributed by atoms with Crippen LogP contribution in [0, 0.1) is 13.7 Å². The van der Waals surface area contributed by atoms with Crippen molar-refractivity contribution in [2.75, 3.05) is 18.5 Å². The van der Waals surface area contributed by atoms with E-state index in [1.165, 1.54) is 0 Å². The van der Waals surface area contributed by atoms with Gasteiger partial charge in [-0.05, 0) is 53.6 Å². The van der Waals surface area contributed by atoms with Crippen molar-refractivity contribution in [1.29, 1.82) is 0 Å². The molecule has 0 radical (unpaired) electrons. The maximum Gasteiger partial charge on any atom is 0.305 e. The summed E-state index contributed by atoms with van der Waals surface area (Å²) in [5.41, 5.74) is 0.994. The largest absolute Gasteiger partial charge is 0.478 e. The van der Waals surface area contributed by atoms with Crippen LogP contribution in [-0.4, -0.2) is 23.1 Å². The molecular weight excluding hydrogens is 461 g/mol. The normalized spacial score (nSPS) is 10.5. The van der Waals surface area contributed by atoms with Crippen molar-refractivity contribution in [3.8, 4) is 11.8 Å². The fourth-order valence-electron chi connectivity index (χ4n) is 2.29. The molecule has 0 aliphatic rings. The van der Waals surface area contributed by atoms with Crippen LogP contribution in [0.4, 0.5) is 17.1 Å². The molecule has 1 aromatic carbocycles. The lowest BCUT2D eigenvalue weighted by Crippen LogP contribution is -2.06. The molecule has 0 amide bonds. The summed E-state index contributed by atoms with van der Waals surface area (Å²) in [6.07, 6.45) is 3.88. The van der Waals surface area contributed by atoms with Crippen LogP contribution in [0.15, 0.2) is 30.3 Å². The number of halogens is 1. The standard InChI is InChI=1S/C19H24IN3O4/c1-3-5-12-26-17-11-10-16(19(22-17)27-13-6-4-2)21-15-9-7-8-14(20)18(15)23(24)25/h7-11,21H,3-6,12-13H2,1-2H3. The molecule has 27 heavy (non-hydrogen) atoms. The van der Waals surface area contributed by atoms with E-state index < -0.39 is 4.92 Å². The minimum atomic E-state index is -0.391. The number of benzene rings is 1. The quantitative estimate of drug-likeness (QED) is 0.190. The Bertz CT molecular complexity index is 771. The SMILES string of the molecule is CCCCOc1ccc(Nc2cccc(I)c2[N+](=O)[O-])c(OCCCC)n1. The molecule has 0 fully saturated rings. The fourth-order valence-corrected chi connectivity index (χ4v) is 2.99. The number of ether oxygens (including phenoxy) is 2. The van der Waals surface area contributed by atoms with Gasteiger partial charge in [0.1, 0.15) is 11.4 Å². The molecule has 146 valence electrons. The molecule has 1 aromatic heterocycles. The third-order valence-electron chi connectivity index (χ3n) is 3.76. The Balaban J connectivity index is 2.29. The van der Waals surface area contributed by atoms with Gasteiger partial charge in [-0.3, -0.25) is 10.1 Å². The number of para-hydroxylation sites is 1. The highest BCUT2D eigenvalue weighted by Gasteiger charge is 2.19. The highest BCUT2D eigenvalue weighted by molar-refractivity contribution is 14.1. The van der Waals surface area contributed by atoms with Gasteiger partial charge in [0.05, 0.1) is 21.7 Å². The van der Waals surface area contributed by atoms with Gasteiger partial charge in [-0.1, -0.05) is 32.8 Å². The molecule has 0 aliphatic heterocycles. The van der Waals surface area contributed by atoms with Crippen molar-refractivity contribution in [1.82, 2.24) is 4.98 Å². The first-order chi connectivity index (χ1) is 13.1. The van der Waals surface area contributed by atoms with Crippen molar-refractivity contribution in [3.05, 3.63) is 44.0 Å². The Morgan fingerprint density at radius 2 is 1.78 bits per heavy atom. The molecule has 0 bridgehead atoms. The first-order valence-electron chi connectivity index (χ1n) is 9.03. The molecule has 0 atom stereocenters. The van der Waals surface area contributed by atoms with Gasteiger partial charge in [0.15, 0.2) is 0 Å². The van der Waals surface area contributed by atoms with Crippen LogP contribution in [0.1, 0.15) is 39.5 Å². The van der Waals surface area contributed by atoms with Gasteiger partial charge in [-0.2, -0.15) is 4.98 Å². The van der Waals surface area contributed by atoms with E-state index in [0.717, 1.165) is 25.7 Å². The molecule has 1 heterocycles. The number of nitrogens with zero attached hydrogens (tertiary/aromatic N) is 2. The molecule has 2 aromatic rings. The molecule has 7 nitrogen and oxygen atoms in total. The lowest BCUT2D eigenvalue weighted by Gasteiger charge is -2.14. The number of nitro groups is 1. The first kappa shape index (κ1) is 21.2. The average Bonchev–Trinajstić information content (AvgIpc) is 2.63. The van der Waals surface area contributed by atoms with E-state index in [-0.39, 0.29) is 5.69 Å². The zero-order chi connectivity index (χ0) is 19.6. The molecule has 0 saturated carbocycles. The van der Waals surface area contributed by atoms with E-state index in [1.807, 2.05) is 22.6 Å². The number of pyridine rings is 1. The van der Waals surface area contributed by atoms with Crippen LogP contribution >= 0.6 is 22.6 Å². The number of hydrogen-bond acceptors (Lipinski definition) is 6. The highest BCUT2D eigenvalue weighted by Crippen LogP contribution is 2.35. The molecule has 0 aliphatic carbocycles. The molecule has 8 heteroatoms. The molecule has 1 N–H and O–H groups in total. The van der Waals surface area contributed by atoms with Crippen LogP contribution in [0.3, 0.4) is 0 Å². The number of nitro benzene ring substituents is 1. The number of nitrogens with one attached hydrogen (secondary N) is 1. The minimum absolute atomic E-state index is 0.0286. The first-order valence-corrected chi connectivity index (χ1v) is 10.1. The Morgan fingerprint density at radius 3 is 2.44 bits per heavy atom. The van der Waals surface area contributed by atoms with Gasteiger partial charge < -0.3 is 14.8 Å². The molecule has 0 unspecified atom stereocenters. The summed E-state index contributed by atoms with van der Waals surface area (Å²) >= 11 is 1.96. The van der Waals surface area contributed by atoms with Crippen LogP contribution in [0.5, 0.6) is 11.8 Å². The van der Waals surface area contributed by atoms with E-state index in [0.29, 0.717) is 39.9 Å². The Morgan fingerprint density at radius 1 is 1.07 bits per heavy atom. The topological polar surface area (TPSA) is 86.5 Å². The van der Waals surface area contributed by atoms with Crippen molar-refractivity contribution < 1.29 is 14.4 Å². The average molecular weight is 485 g/mol. The predicted molar refractivity (Wildman–Crippen MR) is 114 cm³/mol. The molecular formula is C19H24IN3O4.